The van der Waals surface area contributed by atoms with Gasteiger partial charge in [-0.3, -0.25) is 19.4 Å². The Morgan fingerprint density at radius 3 is 2.79 bits per heavy atom. The number of likely N-dealkylation sites (N-methyl/N-ethyl adjacent to an activating group) is 1. The fourth-order valence-electron chi connectivity index (χ4n) is 4.69. The van der Waals surface area contributed by atoms with E-state index >= 15 is 0 Å². The number of ether oxygens (including phenoxy) is 1. The predicted octanol–water partition coefficient (Wildman–Crippen LogP) is 2.78. The summed E-state index contributed by atoms with van der Waals surface area (Å²) in [4.78, 5) is 30.4. The molecule has 1 aliphatic heterocycles. The number of aryl methyl sites for hydroxylation is 1. The highest BCUT2D eigenvalue weighted by molar-refractivity contribution is 6.00. The van der Waals surface area contributed by atoms with E-state index < -0.39 is 5.79 Å². The van der Waals surface area contributed by atoms with Crippen LogP contribution in [0.5, 0.6) is 5.75 Å². The Morgan fingerprint density at radius 2 is 2.09 bits per heavy atom. The van der Waals surface area contributed by atoms with Crippen LogP contribution in [-0.4, -0.2) is 70.1 Å². The molecule has 34 heavy (non-hydrogen) atoms. The normalized spacial score (nSPS) is 16.6. The monoisotopic (exact) mass is 465 g/mol. The first kappa shape index (κ1) is 23.9. The number of amides is 2. The molecule has 1 saturated heterocycles. The van der Waals surface area contributed by atoms with E-state index in [2.05, 4.69) is 4.98 Å². The molecular formula is C26H31N3O5. The molecule has 1 aromatic heterocycles. The van der Waals surface area contributed by atoms with E-state index in [-0.39, 0.29) is 18.5 Å². The summed E-state index contributed by atoms with van der Waals surface area (Å²) < 4.78 is 5.86. The lowest BCUT2D eigenvalue weighted by Gasteiger charge is -2.32. The minimum absolute atomic E-state index is 0.235. The maximum absolute atomic E-state index is 12.6. The van der Waals surface area contributed by atoms with Crippen LogP contribution in [0.3, 0.4) is 0 Å². The van der Waals surface area contributed by atoms with Crippen molar-refractivity contribution in [1.29, 1.82) is 0 Å². The molecule has 0 spiro atoms. The maximum Gasteiger partial charge on any atom is 0.260 e. The van der Waals surface area contributed by atoms with E-state index in [0.29, 0.717) is 48.1 Å². The molecule has 3 N–H and O–H groups in total. The third-order valence-electron chi connectivity index (χ3n) is 6.61. The van der Waals surface area contributed by atoms with E-state index in [1.54, 1.807) is 30.5 Å². The summed E-state index contributed by atoms with van der Waals surface area (Å²) in [6, 6.07) is 12.2. The maximum atomic E-state index is 12.6. The zero-order valence-corrected chi connectivity index (χ0v) is 19.5. The fraction of sp³-hybridized carbons (Fsp3) is 0.385. The molecule has 3 aromatic rings. The number of nitrogens with zero attached hydrogens (tertiary/aromatic N) is 2. The molecule has 0 aliphatic carbocycles. The Labute approximate surface area is 198 Å². The Morgan fingerprint density at radius 1 is 1.29 bits per heavy atom. The first-order valence-corrected chi connectivity index (χ1v) is 11.5. The number of hydrogen-bond acceptors (Lipinski definition) is 6. The van der Waals surface area contributed by atoms with E-state index in [1.807, 2.05) is 37.1 Å². The Hall–Kier alpha value is -3.20. The first-order chi connectivity index (χ1) is 16.3. The van der Waals surface area contributed by atoms with Gasteiger partial charge in [-0.25, -0.2) is 0 Å². The average Bonchev–Trinajstić information content (AvgIpc) is 3.45. The van der Waals surface area contributed by atoms with Gasteiger partial charge in [0.05, 0.1) is 12.6 Å². The number of aliphatic hydroxyl groups is 2. The SMILES string of the molecule is Cc1ccccc1C(=O)N(C=O)CCCOc1ccc2[nH]cc(C(O)(O)C3CCCN3C)c2c1. The van der Waals surface area contributed by atoms with Gasteiger partial charge in [0.2, 0.25) is 12.2 Å². The van der Waals surface area contributed by atoms with Gasteiger partial charge in [0.25, 0.3) is 5.91 Å². The largest absolute Gasteiger partial charge is 0.494 e. The number of carbonyl (C=O) groups excluding carboxylic acids is 2. The van der Waals surface area contributed by atoms with Crippen LogP contribution in [0, 0.1) is 6.92 Å². The van der Waals surface area contributed by atoms with Crippen molar-refractivity contribution in [3.05, 3.63) is 65.4 Å². The highest BCUT2D eigenvalue weighted by atomic mass is 16.5. The summed E-state index contributed by atoms with van der Waals surface area (Å²) in [5, 5.41) is 22.7. The minimum atomic E-state index is -1.98. The summed E-state index contributed by atoms with van der Waals surface area (Å²) >= 11 is 0. The number of nitrogens with one attached hydrogen (secondary N) is 1. The van der Waals surface area contributed by atoms with Gasteiger partial charge in [0.15, 0.2) is 0 Å². The number of imide groups is 1. The molecule has 0 radical (unpaired) electrons. The third-order valence-corrected chi connectivity index (χ3v) is 6.61. The smallest absolute Gasteiger partial charge is 0.260 e. The van der Waals surface area contributed by atoms with E-state index in [1.165, 1.54) is 0 Å². The van der Waals surface area contributed by atoms with Crippen molar-refractivity contribution in [2.75, 3.05) is 26.7 Å². The van der Waals surface area contributed by atoms with Gasteiger partial charge in [-0.05, 0) is 69.6 Å². The van der Waals surface area contributed by atoms with Crippen LogP contribution in [0.4, 0.5) is 0 Å². The van der Waals surface area contributed by atoms with Crippen molar-refractivity contribution in [2.45, 2.75) is 38.0 Å². The van der Waals surface area contributed by atoms with Crippen LogP contribution in [0.25, 0.3) is 10.9 Å². The van der Waals surface area contributed by atoms with E-state index in [4.69, 9.17) is 4.74 Å². The van der Waals surface area contributed by atoms with Crippen LogP contribution in [-0.2, 0) is 10.6 Å². The van der Waals surface area contributed by atoms with Crippen LogP contribution in [0.15, 0.2) is 48.7 Å². The predicted molar refractivity (Wildman–Crippen MR) is 128 cm³/mol. The van der Waals surface area contributed by atoms with Gasteiger partial charge in [-0.1, -0.05) is 18.2 Å². The molecule has 1 atom stereocenters. The molecule has 2 aromatic carbocycles. The Kier molecular flexibility index (Phi) is 7.02. The summed E-state index contributed by atoms with van der Waals surface area (Å²) in [6.07, 6.45) is 4.28. The number of benzene rings is 2. The molecule has 1 fully saturated rings. The van der Waals surface area contributed by atoms with Gasteiger partial charge in [-0.2, -0.15) is 0 Å². The topological polar surface area (TPSA) is 106 Å². The standard InChI is InChI=1S/C26H31N3O5/c1-18-7-3-4-8-20(18)25(31)29(17-30)13-6-14-34-19-10-11-23-21(15-19)22(16-27-23)26(32,33)24-9-5-12-28(24)2/h3-4,7-8,10-11,15-17,24,27,32-33H,5-6,9,12-14H2,1-2H3. The molecule has 8 heteroatoms. The average molecular weight is 466 g/mol. The molecule has 180 valence electrons. The number of aromatic amines is 1. The van der Waals surface area contributed by atoms with Crippen LogP contribution in [0.1, 0.15) is 40.7 Å². The summed E-state index contributed by atoms with van der Waals surface area (Å²) in [5.41, 5.74) is 2.53. The van der Waals surface area contributed by atoms with E-state index in [0.717, 1.165) is 28.9 Å². The second-order valence-corrected chi connectivity index (χ2v) is 8.90. The number of carbonyl (C=O) groups is 2. The number of rotatable bonds is 9. The van der Waals surface area contributed by atoms with Crippen molar-refractivity contribution < 1.29 is 24.5 Å². The van der Waals surface area contributed by atoms with Crippen LogP contribution >= 0.6 is 0 Å². The van der Waals surface area contributed by atoms with Gasteiger partial charge < -0.3 is 19.9 Å². The minimum Gasteiger partial charge on any atom is -0.494 e. The molecular weight excluding hydrogens is 434 g/mol. The first-order valence-electron chi connectivity index (χ1n) is 11.5. The van der Waals surface area contributed by atoms with E-state index in [9.17, 15) is 19.8 Å². The van der Waals surface area contributed by atoms with Crippen molar-refractivity contribution in [3.63, 3.8) is 0 Å². The number of H-pyrrole nitrogens is 1. The molecule has 4 rings (SSSR count). The molecule has 2 heterocycles. The van der Waals surface area contributed by atoms with Crippen LogP contribution in [0.2, 0.25) is 0 Å². The second-order valence-electron chi connectivity index (χ2n) is 8.90. The molecule has 1 aliphatic rings. The lowest BCUT2D eigenvalue weighted by Crippen LogP contribution is -2.45. The quantitative estimate of drug-likeness (QED) is 0.255. The Balaban J connectivity index is 1.40. The van der Waals surface area contributed by atoms with Crippen molar-refractivity contribution in [2.24, 2.45) is 0 Å². The third kappa shape index (κ3) is 4.70. The second kappa shape index (κ2) is 9.97. The number of aromatic nitrogens is 1. The molecule has 1 unspecified atom stereocenters. The summed E-state index contributed by atoms with van der Waals surface area (Å²) in [7, 11) is 1.90. The summed E-state index contributed by atoms with van der Waals surface area (Å²) in [6.45, 7) is 3.20. The van der Waals surface area contributed by atoms with Gasteiger partial charge in [0.1, 0.15) is 5.75 Å². The number of likely N-dealkylation sites (tertiary alicyclic amines) is 1. The molecule has 0 saturated carbocycles. The lowest BCUT2D eigenvalue weighted by molar-refractivity contribution is -0.206. The van der Waals surface area contributed by atoms with Crippen LogP contribution < -0.4 is 4.74 Å². The Bertz CT molecular complexity index is 1170. The highest BCUT2D eigenvalue weighted by Crippen LogP contribution is 2.36. The fourth-order valence-corrected chi connectivity index (χ4v) is 4.69. The molecule has 2 amide bonds. The number of hydrogen-bond donors (Lipinski definition) is 3. The molecule has 8 nitrogen and oxygen atoms in total. The van der Waals surface area contributed by atoms with Crippen molar-refractivity contribution in [3.8, 4) is 5.75 Å². The zero-order valence-electron chi connectivity index (χ0n) is 19.5. The zero-order chi connectivity index (χ0) is 24.3. The van der Waals surface area contributed by atoms with Gasteiger partial charge in [-0.15, -0.1) is 0 Å². The lowest BCUT2D eigenvalue weighted by atomic mass is 9.95. The summed E-state index contributed by atoms with van der Waals surface area (Å²) in [5.74, 6) is -1.74. The number of fused-ring (bicyclic) bond motifs is 1. The van der Waals surface area contributed by atoms with Gasteiger partial charge in [0, 0.05) is 34.8 Å². The van der Waals surface area contributed by atoms with Crippen molar-refractivity contribution >= 4 is 23.2 Å². The molecule has 0 bridgehead atoms. The van der Waals surface area contributed by atoms with Crippen molar-refractivity contribution in [1.82, 2.24) is 14.8 Å². The highest BCUT2D eigenvalue weighted by Gasteiger charge is 2.42. The van der Waals surface area contributed by atoms with Gasteiger partial charge >= 0.3 is 0 Å².